The Kier molecular flexibility index (Phi) is 3.68. The zero-order valence-corrected chi connectivity index (χ0v) is 10.1. The normalized spacial score (nSPS) is 17.2. The van der Waals surface area contributed by atoms with Crippen LogP contribution in [0.2, 0.25) is 0 Å². The molecule has 0 bridgehead atoms. The van der Waals surface area contributed by atoms with Crippen LogP contribution in [0.1, 0.15) is 12.8 Å². The van der Waals surface area contributed by atoms with Gasteiger partial charge in [0.05, 0.1) is 12.8 Å². The average Bonchev–Trinajstić information content (AvgIpc) is 2.39. The van der Waals surface area contributed by atoms with E-state index in [2.05, 4.69) is 9.88 Å². The van der Waals surface area contributed by atoms with E-state index in [0.717, 1.165) is 31.7 Å². The Morgan fingerprint density at radius 1 is 1.47 bits per heavy atom. The Morgan fingerprint density at radius 2 is 2.18 bits per heavy atom. The maximum atomic E-state index is 9.11. The molecule has 0 aliphatic carbocycles. The lowest BCUT2D eigenvalue weighted by molar-refractivity contribution is 0.202. The number of rotatable bonds is 3. The molecule has 2 rings (SSSR count). The van der Waals surface area contributed by atoms with Crippen molar-refractivity contribution in [3.63, 3.8) is 0 Å². The maximum Gasteiger partial charge on any atom is 0.215 e. The quantitative estimate of drug-likeness (QED) is 0.816. The summed E-state index contributed by atoms with van der Waals surface area (Å²) in [6, 6.07) is 3.58. The highest BCUT2D eigenvalue weighted by Crippen LogP contribution is 2.27. The number of nitrogens with two attached hydrogens (primary N) is 1. The molecule has 5 nitrogen and oxygen atoms in total. The van der Waals surface area contributed by atoms with Crippen LogP contribution in [0.4, 0.5) is 11.5 Å². The monoisotopic (exact) mass is 237 g/mol. The van der Waals surface area contributed by atoms with Crippen LogP contribution < -0.4 is 15.4 Å². The minimum Gasteiger partial charge on any atom is -0.481 e. The number of aliphatic hydroxyl groups excluding tert-OH is 1. The molecule has 3 N–H and O–H groups in total. The standard InChI is InChI=1S/C12H19N3O2/c1-17-11-3-2-10(13)12(14-11)15-6-4-9(8-16)5-7-15/h2-3,9,16H,4-8,13H2,1H3. The van der Waals surface area contributed by atoms with E-state index in [-0.39, 0.29) is 6.61 Å². The van der Waals surface area contributed by atoms with Crippen molar-refractivity contribution < 1.29 is 9.84 Å². The highest BCUT2D eigenvalue weighted by Gasteiger charge is 2.21. The second-order valence-corrected chi connectivity index (χ2v) is 4.38. The van der Waals surface area contributed by atoms with Gasteiger partial charge in [-0.2, -0.15) is 4.98 Å². The van der Waals surface area contributed by atoms with Gasteiger partial charge in [0.2, 0.25) is 5.88 Å². The fourth-order valence-corrected chi connectivity index (χ4v) is 2.14. The van der Waals surface area contributed by atoms with E-state index < -0.39 is 0 Å². The molecule has 1 aliphatic heterocycles. The molecule has 0 spiro atoms. The van der Waals surface area contributed by atoms with Crippen molar-refractivity contribution in [2.45, 2.75) is 12.8 Å². The molecule has 1 fully saturated rings. The average molecular weight is 237 g/mol. The topological polar surface area (TPSA) is 71.6 Å². The van der Waals surface area contributed by atoms with E-state index in [1.165, 1.54) is 0 Å². The van der Waals surface area contributed by atoms with Gasteiger partial charge >= 0.3 is 0 Å². The summed E-state index contributed by atoms with van der Waals surface area (Å²) >= 11 is 0. The highest BCUT2D eigenvalue weighted by atomic mass is 16.5. The summed E-state index contributed by atoms with van der Waals surface area (Å²) in [5, 5.41) is 9.11. The van der Waals surface area contributed by atoms with Crippen molar-refractivity contribution in [2.24, 2.45) is 5.92 Å². The predicted molar refractivity (Wildman–Crippen MR) is 67.2 cm³/mol. The van der Waals surface area contributed by atoms with E-state index in [1.807, 2.05) is 6.07 Å². The van der Waals surface area contributed by atoms with Gasteiger partial charge in [-0.3, -0.25) is 0 Å². The van der Waals surface area contributed by atoms with Crippen LogP contribution in [0.5, 0.6) is 5.88 Å². The smallest absolute Gasteiger partial charge is 0.215 e. The van der Waals surface area contributed by atoms with Gasteiger partial charge in [0.15, 0.2) is 5.82 Å². The Bertz CT molecular complexity index is 376. The molecule has 1 aromatic heterocycles. The van der Waals surface area contributed by atoms with Gasteiger partial charge in [-0.1, -0.05) is 0 Å². The molecule has 0 aromatic carbocycles. The second-order valence-electron chi connectivity index (χ2n) is 4.38. The minimum atomic E-state index is 0.273. The first-order valence-electron chi connectivity index (χ1n) is 5.91. The number of pyridine rings is 1. The number of nitrogens with zero attached hydrogens (tertiary/aromatic N) is 2. The summed E-state index contributed by atoms with van der Waals surface area (Å²) in [4.78, 5) is 6.54. The van der Waals surface area contributed by atoms with Crippen LogP contribution in [-0.4, -0.2) is 36.9 Å². The number of methoxy groups -OCH3 is 1. The third kappa shape index (κ3) is 2.61. The number of aromatic nitrogens is 1. The van der Waals surface area contributed by atoms with Crippen LogP contribution >= 0.6 is 0 Å². The van der Waals surface area contributed by atoms with E-state index in [0.29, 0.717) is 17.5 Å². The fourth-order valence-electron chi connectivity index (χ4n) is 2.14. The molecular formula is C12H19N3O2. The van der Waals surface area contributed by atoms with Crippen LogP contribution in [0.15, 0.2) is 12.1 Å². The largest absolute Gasteiger partial charge is 0.481 e. The molecule has 1 saturated heterocycles. The van der Waals surface area contributed by atoms with Gasteiger partial charge in [0.1, 0.15) is 0 Å². The molecule has 5 heteroatoms. The van der Waals surface area contributed by atoms with Gasteiger partial charge in [0.25, 0.3) is 0 Å². The summed E-state index contributed by atoms with van der Waals surface area (Å²) in [6.07, 6.45) is 1.96. The van der Waals surface area contributed by atoms with Gasteiger partial charge in [0, 0.05) is 25.8 Å². The Hall–Kier alpha value is -1.49. The molecule has 1 aromatic rings. The Morgan fingerprint density at radius 3 is 2.76 bits per heavy atom. The molecule has 0 amide bonds. The van der Waals surface area contributed by atoms with Crippen molar-refractivity contribution in [1.29, 1.82) is 0 Å². The van der Waals surface area contributed by atoms with Crippen LogP contribution in [0, 0.1) is 5.92 Å². The number of aliphatic hydroxyl groups is 1. The maximum absolute atomic E-state index is 9.11. The summed E-state index contributed by atoms with van der Waals surface area (Å²) in [6.45, 7) is 2.04. The predicted octanol–water partition coefficient (Wildman–Crippen LogP) is 0.881. The Balaban J connectivity index is 2.12. The molecule has 0 atom stereocenters. The lowest BCUT2D eigenvalue weighted by Gasteiger charge is -2.32. The number of piperidine rings is 1. The number of nitrogen functional groups attached to an aromatic ring is 1. The molecule has 0 unspecified atom stereocenters. The molecule has 1 aliphatic rings. The lowest BCUT2D eigenvalue weighted by Crippen LogP contribution is -2.35. The zero-order chi connectivity index (χ0) is 12.3. The summed E-state index contributed by atoms with van der Waals surface area (Å²) in [5.41, 5.74) is 6.61. The number of hydrogen-bond donors (Lipinski definition) is 2. The molecular weight excluding hydrogens is 218 g/mol. The highest BCUT2D eigenvalue weighted by molar-refractivity contribution is 5.63. The summed E-state index contributed by atoms with van der Waals surface area (Å²) < 4.78 is 5.11. The van der Waals surface area contributed by atoms with Crippen molar-refractivity contribution in [1.82, 2.24) is 4.98 Å². The van der Waals surface area contributed by atoms with Crippen LogP contribution in [0.25, 0.3) is 0 Å². The van der Waals surface area contributed by atoms with Crippen molar-refractivity contribution in [3.05, 3.63) is 12.1 Å². The van der Waals surface area contributed by atoms with Crippen molar-refractivity contribution in [2.75, 3.05) is 37.4 Å². The number of hydrogen-bond acceptors (Lipinski definition) is 5. The third-order valence-electron chi connectivity index (χ3n) is 3.26. The molecule has 17 heavy (non-hydrogen) atoms. The molecule has 0 saturated carbocycles. The third-order valence-corrected chi connectivity index (χ3v) is 3.26. The summed E-state index contributed by atoms with van der Waals surface area (Å²) in [5.74, 6) is 1.79. The fraction of sp³-hybridized carbons (Fsp3) is 0.583. The molecule has 2 heterocycles. The number of anilines is 2. The van der Waals surface area contributed by atoms with Crippen LogP contribution in [-0.2, 0) is 0 Å². The first kappa shape index (κ1) is 12.0. The van der Waals surface area contributed by atoms with Gasteiger partial charge < -0.3 is 20.5 Å². The van der Waals surface area contributed by atoms with E-state index in [4.69, 9.17) is 15.6 Å². The van der Waals surface area contributed by atoms with E-state index in [9.17, 15) is 0 Å². The number of ether oxygens (including phenoxy) is 1. The first-order chi connectivity index (χ1) is 8.24. The van der Waals surface area contributed by atoms with E-state index >= 15 is 0 Å². The van der Waals surface area contributed by atoms with Gasteiger partial charge in [-0.05, 0) is 24.8 Å². The zero-order valence-electron chi connectivity index (χ0n) is 10.1. The first-order valence-corrected chi connectivity index (χ1v) is 5.91. The van der Waals surface area contributed by atoms with Crippen molar-refractivity contribution >= 4 is 11.5 Å². The van der Waals surface area contributed by atoms with Gasteiger partial charge in [-0.25, -0.2) is 0 Å². The lowest BCUT2D eigenvalue weighted by atomic mass is 9.98. The van der Waals surface area contributed by atoms with Gasteiger partial charge in [-0.15, -0.1) is 0 Å². The van der Waals surface area contributed by atoms with E-state index in [1.54, 1.807) is 13.2 Å². The minimum absolute atomic E-state index is 0.273. The SMILES string of the molecule is COc1ccc(N)c(N2CCC(CO)CC2)n1. The summed E-state index contributed by atoms with van der Waals surface area (Å²) in [7, 11) is 1.60. The van der Waals surface area contributed by atoms with Crippen LogP contribution in [0.3, 0.4) is 0 Å². The molecule has 0 radical (unpaired) electrons. The second kappa shape index (κ2) is 5.23. The molecule has 94 valence electrons. The van der Waals surface area contributed by atoms with Crippen molar-refractivity contribution in [3.8, 4) is 5.88 Å². The Labute approximate surface area is 101 Å².